The molecule has 0 saturated carbocycles. The van der Waals surface area contributed by atoms with Gasteiger partial charge in [0.2, 0.25) is 5.91 Å². The highest BCUT2D eigenvalue weighted by atomic mass is 16.9. The Morgan fingerprint density at radius 2 is 1.90 bits per heavy atom. The number of fused-ring (bicyclic) bond motifs is 3. The fourth-order valence-electron chi connectivity index (χ4n) is 3.66. The van der Waals surface area contributed by atoms with Crippen LogP contribution in [-0.2, 0) is 19.0 Å². The predicted molar refractivity (Wildman–Crippen MR) is 72.9 cm³/mol. The monoisotopic (exact) mass is 283 g/mol. The number of piperidine rings is 1. The summed E-state index contributed by atoms with van der Waals surface area (Å²) in [7, 11) is 0. The molecule has 0 spiro atoms. The van der Waals surface area contributed by atoms with Gasteiger partial charge < -0.3 is 19.1 Å². The van der Waals surface area contributed by atoms with Crippen LogP contribution in [0.2, 0.25) is 0 Å². The molecule has 0 aliphatic carbocycles. The van der Waals surface area contributed by atoms with Gasteiger partial charge in [0, 0.05) is 25.4 Å². The Morgan fingerprint density at radius 3 is 2.45 bits per heavy atom. The van der Waals surface area contributed by atoms with Crippen molar-refractivity contribution in [3.63, 3.8) is 0 Å². The molecule has 0 radical (unpaired) electrons. The summed E-state index contributed by atoms with van der Waals surface area (Å²) in [5, 5.41) is 0. The average molecular weight is 283 g/mol. The molecule has 1 unspecified atom stereocenters. The van der Waals surface area contributed by atoms with E-state index in [2.05, 4.69) is 6.92 Å². The van der Waals surface area contributed by atoms with Gasteiger partial charge in [0.25, 0.3) is 5.97 Å². The molecule has 5 heteroatoms. The van der Waals surface area contributed by atoms with Crippen molar-refractivity contribution in [2.45, 2.75) is 45.5 Å². The van der Waals surface area contributed by atoms with Gasteiger partial charge in [0.15, 0.2) is 0 Å². The predicted octanol–water partition coefficient (Wildman–Crippen LogP) is 1.76. The van der Waals surface area contributed by atoms with E-state index >= 15 is 0 Å². The highest BCUT2D eigenvalue weighted by molar-refractivity contribution is 5.73. The number of carbonyl (C=O) groups is 1. The van der Waals surface area contributed by atoms with E-state index in [9.17, 15) is 4.79 Å². The largest absolute Gasteiger partial charge is 0.342 e. The molecule has 0 aromatic carbocycles. The van der Waals surface area contributed by atoms with Crippen LogP contribution in [0.4, 0.5) is 0 Å². The molecule has 4 rings (SSSR count). The SMILES string of the molecule is CCCC12COC(C3CCCN(C(C)=O)C3)(OC1)OC2. The van der Waals surface area contributed by atoms with E-state index in [0.29, 0.717) is 6.54 Å². The molecule has 2 bridgehead atoms. The van der Waals surface area contributed by atoms with Crippen molar-refractivity contribution in [3.8, 4) is 0 Å². The van der Waals surface area contributed by atoms with E-state index in [1.54, 1.807) is 6.92 Å². The van der Waals surface area contributed by atoms with Gasteiger partial charge in [-0.25, -0.2) is 0 Å². The standard InChI is InChI=1S/C15H25NO4/c1-3-6-14-9-18-15(19-10-14,20-11-14)13-5-4-7-16(8-13)12(2)17/h13H,3-11H2,1-2H3. The number of likely N-dealkylation sites (tertiary alicyclic amines) is 1. The Morgan fingerprint density at radius 1 is 1.25 bits per heavy atom. The summed E-state index contributed by atoms with van der Waals surface area (Å²) < 4.78 is 18.0. The van der Waals surface area contributed by atoms with Gasteiger partial charge in [0.1, 0.15) is 0 Å². The zero-order valence-corrected chi connectivity index (χ0v) is 12.5. The molecule has 0 N–H and O–H groups in total. The first-order valence-corrected chi connectivity index (χ1v) is 7.77. The third-order valence-corrected chi connectivity index (χ3v) is 4.89. The molecule has 4 aliphatic heterocycles. The van der Waals surface area contributed by atoms with E-state index in [4.69, 9.17) is 14.2 Å². The second-order valence-corrected chi connectivity index (χ2v) is 6.52. The molecule has 4 heterocycles. The van der Waals surface area contributed by atoms with Crippen LogP contribution in [-0.4, -0.2) is 49.7 Å². The average Bonchev–Trinajstić information content (AvgIpc) is 2.49. The molecule has 1 amide bonds. The summed E-state index contributed by atoms with van der Waals surface area (Å²) in [5.41, 5.74) is 0.0471. The quantitative estimate of drug-likeness (QED) is 0.792. The molecule has 4 fully saturated rings. The third kappa shape index (κ3) is 2.36. The van der Waals surface area contributed by atoms with E-state index < -0.39 is 5.97 Å². The number of hydrogen-bond donors (Lipinski definition) is 0. The number of nitrogens with zero attached hydrogens (tertiary/aromatic N) is 1. The minimum atomic E-state index is -0.899. The molecular weight excluding hydrogens is 258 g/mol. The van der Waals surface area contributed by atoms with Gasteiger partial charge >= 0.3 is 0 Å². The molecule has 1 atom stereocenters. The van der Waals surface area contributed by atoms with Gasteiger partial charge in [-0.2, -0.15) is 0 Å². The molecule has 4 aliphatic rings. The van der Waals surface area contributed by atoms with Crippen molar-refractivity contribution in [1.29, 1.82) is 0 Å². The van der Waals surface area contributed by atoms with Crippen LogP contribution in [0.15, 0.2) is 0 Å². The molecule has 20 heavy (non-hydrogen) atoms. The lowest BCUT2D eigenvalue weighted by Crippen LogP contribution is -2.65. The Bertz CT molecular complexity index is 360. The summed E-state index contributed by atoms with van der Waals surface area (Å²) in [6, 6.07) is 0. The van der Waals surface area contributed by atoms with Gasteiger partial charge in [0.05, 0.1) is 25.7 Å². The molecule has 5 nitrogen and oxygen atoms in total. The Hall–Kier alpha value is -0.650. The zero-order valence-electron chi connectivity index (χ0n) is 12.5. The smallest absolute Gasteiger partial charge is 0.287 e. The minimum Gasteiger partial charge on any atom is -0.342 e. The zero-order chi connectivity index (χ0) is 14.2. The number of amides is 1. The summed E-state index contributed by atoms with van der Waals surface area (Å²) in [4.78, 5) is 13.4. The summed E-state index contributed by atoms with van der Waals surface area (Å²) in [6.07, 6.45) is 4.17. The molecular formula is C15H25NO4. The topological polar surface area (TPSA) is 48.0 Å². The highest BCUT2D eigenvalue weighted by Crippen LogP contribution is 2.46. The first kappa shape index (κ1) is 14.3. The van der Waals surface area contributed by atoms with Crippen molar-refractivity contribution in [1.82, 2.24) is 4.90 Å². The maximum atomic E-state index is 11.6. The van der Waals surface area contributed by atoms with Crippen molar-refractivity contribution in [3.05, 3.63) is 0 Å². The maximum Gasteiger partial charge on any atom is 0.287 e. The molecule has 0 aromatic heterocycles. The highest BCUT2D eigenvalue weighted by Gasteiger charge is 2.56. The second-order valence-electron chi connectivity index (χ2n) is 6.52. The van der Waals surface area contributed by atoms with Crippen LogP contribution in [0.1, 0.15) is 39.5 Å². The van der Waals surface area contributed by atoms with E-state index in [1.807, 2.05) is 4.90 Å². The van der Waals surface area contributed by atoms with Crippen LogP contribution in [0.25, 0.3) is 0 Å². The van der Waals surface area contributed by atoms with Gasteiger partial charge in [-0.1, -0.05) is 13.3 Å². The third-order valence-electron chi connectivity index (χ3n) is 4.89. The van der Waals surface area contributed by atoms with Crippen LogP contribution in [0, 0.1) is 11.3 Å². The lowest BCUT2D eigenvalue weighted by Gasteiger charge is -2.55. The van der Waals surface area contributed by atoms with Gasteiger partial charge in [-0.05, 0) is 19.3 Å². The Kier molecular flexibility index (Phi) is 3.77. The van der Waals surface area contributed by atoms with Crippen molar-refractivity contribution < 1.29 is 19.0 Å². The summed E-state index contributed by atoms with van der Waals surface area (Å²) >= 11 is 0. The van der Waals surface area contributed by atoms with E-state index in [0.717, 1.165) is 52.0 Å². The van der Waals surface area contributed by atoms with Gasteiger partial charge in [-0.3, -0.25) is 4.79 Å². The van der Waals surface area contributed by atoms with Gasteiger partial charge in [-0.15, -0.1) is 0 Å². The normalized spacial score (nSPS) is 40.9. The summed E-state index contributed by atoms with van der Waals surface area (Å²) in [5.74, 6) is -0.651. The summed E-state index contributed by atoms with van der Waals surface area (Å²) in [6.45, 7) is 7.47. The second kappa shape index (κ2) is 5.28. The fourth-order valence-corrected chi connectivity index (χ4v) is 3.66. The number of rotatable bonds is 3. The van der Waals surface area contributed by atoms with Crippen LogP contribution < -0.4 is 0 Å². The molecule has 4 saturated heterocycles. The Labute approximate surface area is 120 Å². The number of carbonyl (C=O) groups excluding carboxylic acids is 1. The van der Waals surface area contributed by atoms with Crippen molar-refractivity contribution in [2.75, 3.05) is 32.9 Å². The van der Waals surface area contributed by atoms with Crippen LogP contribution in [0.3, 0.4) is 0 Å². The van der Waals surface area contributed by atoms with E-state index in [1.165, 1.54) is 0 Å². The Balaban J connectivity index is 1.68. The lowest BCUT2D eigenvalue weighted by atomic mass is 9.82. The van der Waals surface area contributed by atoms with Crippen molar-refractivity contribution in [2.24, 2.45) is 11.3 Å². The number of hydrogen-bond acceptors (Lipinski definition) is 4. The van der Waals surface area contributed by atoms with Crippen molar-refractivity contribution >= 4 is 5.91 Å². The number of ether oxygens (including phenoxy) is 3. The fraction of sp³-hybridized carbons (Fsp3) is 0.933. The molecule has 114 valence electrons. The first-order chi connectivity index (χ1) is 9.59. The van der Waals surface area contributed by atoms with E-state index in [-0.39, 0.29) is 17.2 Å². The lowest BCUT2D eigenvalue weighted by molar-refractivity contribution is -0.488. The van der Waals surface area contributed by atoms with Crippen LogP contribution in [0.5, 0.6) is 0 Å². The maximum absolute atomic E-state index is 11.6. The van der Waals surface area contributed by atoms with Crippen LogP contribution >= 0.6 is 0 Å². The first-order valence-electron chi connectivity index (χ1n) is 7.77. The minimum absolute atomic E-state index is 0.0471. The molecule has 0 aromatic rings.